The lowest BCUT2D eigenvalue weighted by Crippen LogP contribution is -2.46. The van der Waals surface area contributed by atoms with E-state index in [2.05, 4.69) is 4.90 Å². The van der Waals surface area contributed by atoms with E-state index in [9.17, 15) is 4.39 Å². The predicted octanol–water partition coefficient (Wildman–Crippen LogP) is 2.29. The molecule has 2 N–H and O–H groups in total. The second-order valence-electron chi connectivity index (χ2n) is 5.74. The van der Waals surface area contributed by atoms with Gasteiger partial charge in [0.15, 0.2) is 0 Å². The summed E-state index contributed by atoms with van der Waals surface area (Å²) in [5, 5.41) is 0. The van der Waals surface area contributed by atoms with E-state index in [4.69, 9.17) is 10.5 Å². The molecule has 2 aliphatic heterocycles. The van der Waals surface area contributed by atoms with Gasteiger partial charge in [-0.05, 0) is 43.9 Å². The summed E-state index contributed by atoms with van der Waals surface area (Å²) in [5.74, 6) is 0.576. The van der Waals surface area contributed by atoms with Gasteiger partial charge >= 0.3 is 0 Å². The summed E-state index contributed by atoms with van der Waals surface area (Å²) in [6, 6.07) is 6.20. The summed E-state index contributed by atoms with van der Waals surface area (Å²) < 4.78 is 18.8. The van der Waals surface area contributed by atoms with Crippen LogP contribution in [0.3, 0.4) is 0 Å². The van der Waals surface area contributed by atoms with Gasteiger partial charge in [0.1, 0.15) is 11.6 Å². The number of hydrogen-bond acceptors (Lipinski definition) is 3. The molecule has 19 heavy (non-hydrogen) atoms. The van der Waals surface area contributed by atoms with Crippen LogP contribution in [-0.2, 0) is 6.54 Å². The van der Waals surface area contributed by atoms with Crippen molar-refractivity contribution in [3.8, 4) is 5.75 Å². The van der Waals surface area contributed by atoms with Gasteiger partial charge in [-0.25, -0.2) is 4.39 Å². The summed E-state index contributed by atoms with van der Waals surface area (Å²) in [6.07, 6.45) is 4.56. The lowest BCUT2D eigenvalue weighted by molar-refractivity contribution is 0.118. The van der Waals surface area contributed by atoms with Gasteiger partial charge in [-0.1, -0.05) is 0 Å². The summed E-state index contributed by atoms with van der Waals surface area (Å²) in [5.41, 5.74) is 7.02. The molecule has 2 saturated heterocycles. The number of methoxy groups -OCH3 is 1. The fourth-order valence-corrected chi connectivity index (χ4v) is 3.64. The Morgan fingerprint density at radius 1 is 1.32 bits per heavy atom. The highest BCUT2D eigenvalue weighted by Crippen LogP contribution is 2.37. The highest BCUT2D eigenvalue weighted by Gasteiger charge is 2.39. The fourth-order valence-electron chi connectivity index (χ4n) is 3.64. The van der Waals surface area contributed by atoms with Crippen LogP contribution in [0.15, 0.2) is 18.2 Å². The van der Waals surface area contributed by atoms with Crippen LogP contribution in [-0.4, -0.2) is 30.1 Å². The third-order valence-electron chi connectivity index (χ3n) is 4.52. The van der Waals surface area contributed by atoms with Crippen molar-refractivity contribution in [3.63, 3.8) is 0 Å². The fraction of sp³-hybridized carbons (Fsp3) is 0.600. The standard InChI is InChI=1S/C15H21FN2O/c1-19-15-5-2-11(16)6-10(15)9-18-13-3-4-14(18)8-12(17)7-13/h2,5-6,12-14H,3-4,7-9,17H2,1H3. The molecule has 0 spiro atoms. The first-order valence-corrected chi connectivity index (χ1v) is 7.01. The molecular weight excluding hydrogens is 243 g/mol. The Morgan fingerprint density at radius 3 is 2.63 bits per heavy atom. The van der Waals surface area contributed by atoms with Crippen LogP contribution in [0.1, 0.15) is 31.2 Å². The van der Waals surface area contributed by atoms with Crippen molar-refractivity contribution in [2.45, 2.75) is 50.4 Å². The average molecular weight is 264 g/mol. The number of piperidine rings is 1. The number of benzene rings is 1. The molecule has 0 aromatic heterocycles. The highest BCUT2D eigenvalue weighted by atomic mass is 19.1. The van der Waals surface area contributed by atoms with Crippen molar-refractivity contribution < 1.29 is 9.13 Å². The third kappa shape index (κ3) is 2.47. The van der Waals surface area contributed by atoms with Crippen LogP contribution in [0.5, 0.6) is 5.75 Å². The first kappa shape index (κ1) is 12.9. The van der Waals surface area contributed by atoms with E-state index >= 15 is 0 Å². The Labute approximate surface area is 113 Å². The molecule has 1 aromatic carbocycles. The summed E-state index contributed by atoms with van der Waals surface area (Å²) in [6.45, 7) is 0.767. The molecular formula is C15H21FN2O. The van der Waals surface area contributed by atoms with Crippen LogP contribution >= 0.6 is 0 Å². The molecule has 2 fully saturated rings. The molecule has 3 nitrogen and oxygen atoms in total. The van der Waals surface area contributed by atoms with E-state index in [1.54, 1.807) is 19.2 Å². The number of ether oxygens (including phenoxy) is 1. The Hall–Kier alpha value is -1.13. The minimum Gasteiger partial charge on any atom is -0.496 e. The van der Waals surface area contributed by atoms with Crippen LogP contribution in [0.25, 0.3) is 0 Å². The molecule has 2 unspecified atom stereocenters. The lowest BCUT2D eigenvalue weighted by Gasteiger charge is -2.37. The Balaban J connectivity index is 1.80. The second kappa shape index (κ2) is 5.10. The SMILES string of the molecule is COc1ccc(F)cc1CN1C2CCC1CC(N)C2. The lowest BCUT2D eigenvalue weighted by atomic mass is 9.97. The predicted molar refractivity (Wildman–Crippen MR) is 72.5 cm³/mol. The summed E-state index contributed by atoms with van der Waals surface area (Å²) >= 11 is 0. The van der Waals surface area contributed by atoms with Crippen molar-refractivity contribution in [3.05, 3.63) is 29.6 Å². The van der Waals surface area contributed by atoms with Crippen molar-refractivity contribution >= 4 is 0 Å². The minimum atomic E-state index is -0.197. The van der Waals surface area contributed by atoms with Gasteiger partial charge in [0, 0.05) is 30.2 Å². The molecule has 0 aliphatic carbocycles. The van der Waals surface area contributed by atoms with E-state index in [-0.39, 0.29) is 5.82 Å². The zero-order valence-electron chi connectivity index (χ0n) is 11.3. The van der Waals surface area contributed by atoms with Gasteiger partial charge in [-0.2, -0.15) is 0 Å². The van der Waals surface area contributed by atoms with Crippen LogP contribution in [0.2, 0.25) is 0 Å². The summed E-state index contributed by atoms with van der Waals surface area (Å²) in [7, 11) is 1.64. The molecule has 3 rings (SSSR count). The van der Waals surface area contributed by atoms with Crippen LogP contribution < -0.4 is 10.5 Å². The van der Waals surface area contributed by atoms with E-state index in [0.717, 1.165) is 30.7 Å². The minimum absolute atomic E-state index is 0.197. The number of hydrogen-bond donors (Lipinski definition) is 1. The van der Waals surface area contributed by atoms with Crippen molar-refractivity contribution in [1.82, 2.24) is 4.90 Å². The van der Waals surface area contributed by atoms with Crippen LogP contribution in [0.4, 0.5) is 4.39 Å². The van der Waals surface area contributed by atoms with Gasteiger partial charge in [-0.3, -0.25) is 4.90 Å². The molecule has 2 aliphatic rings. The van der Waals surface area contributed by atoms with Gasteiger partial charge in [0.25, 0.3) is 0 Å². The molecule has 1 aromatic rings. The van der Waals surface area contributed by atoms with Gasteiger partial charge < -0.3 is 10.5 Å². The van der Waals surface area contributed by atoms with Crippen LogP contribution in [0, 0.1) is 5.82 Å². The Kier molecular flexibility index (Phi) is 3.46. The van der Waals surface area contributed by atoms with Gasteiger partial charge in [-0.15, -0.1) is 0 Å². The molecule has 0 saturated carbocycles. The molecule has 2 bridgehead atoms. The van der Waals surface area contributed by atoms with E-state index in [1.807, 2.05) is 0 Å². The number of nitrogens with two attached hydrogens (primary N) is 1. The molecule has 2 heterocycles. The number of rotatable bonds is 3. The monoisotopic (exact) mass is 264 g/mol. The normalized spacial score (nSPS) is 30.6. The molecule has 4 heteroatoms. The summed E-state index contributed by atoms with van der Waals surface area (Å²) in [4.78, 5) is 2.49. The number of halogens is 1. The number of fused-ring (bicyclic) bond motifs is 2. The van der Waals surface area contributed by atoms with Crippen molar-refractivity contribution in [2.24, 2.45) is 5.73 Å². The maximum Gasteiger partial charge on any atom is 0.123 e. The maximum absolute atomic E-state index is 13.4. The largest absolute Gasteiger partial charge is 0.496 e. The smallest absolute Gasteiger partial charge is 0.123 e. The zero-order chi connectivity index (χ0) is 13.4. The number of nitrogens with zero attached hydrogens (tertiary/aromatic N) is 1. The van der Waals surface area contributed by atoms with Gasteiger partial charge in [0.2, 0.25) is 0 Å². The quantitative estimate of drug-likeness (QED) is 0.910. The van der Waals surface area contributed by atoms with Gasteiger partial charge in [0.05, 0.1) is 7.11 Å². The second-order valence-corrected chi connectivity index (χ2v) is 5.74. The molecule has 104 valence electrons. The maximum atomic E-state index is 13.4. The van der Waals surface area contributed by atoms with Crippen molar-refractivity contribution in [2.75, 3.05) is 7.11 Å². The van der Waals surface area contributed by atoms with E-state index in [0.29, 0.717) is 18.1 Å². The Bertz CT molecular complexity index is 451. The first-order valence-electron chi connectivity index (χ1n) is 7.01. The third-order valence-corrected chi connectivity index (χ3v) is 4.52. The molecule has 0 radical (unpaired) electrons. The Morgan fingerprint density at radius 2 is 2.00 bits per heavy atom. The van der Waals surface area contributed by atoms with Crippen molar-refractivity contribution in [1.29, 1.82) is 0 Å². The highest BCUT2D eigenvalue weighted by molar-refractivity contribution is 5.34. The zero-order valence-corrected chi connectivity index (χ0v) is 11.3. The molecule has 0 amide bonds. The topological polar surface area (TPSA) is 38.5 Å². The van der Waals surface area contributed by atoms with E-state index in [1.165, 1.54) is 18.9 Å². The first-order chi connectivity index (χ1) is 9.17. The average Bonchev–Trinajstić information content (AvgIpc) is 2.62. The molecule has 2 atom stereocenters. The van der Waals surface area contributed by atoms with E-state index < -0.39 is 0 Å².